The first-order chi connectivity index (χ1) is 4.39. The third-order valence-electron chi connectivity index (χ3n) is 0.494. The fourth-order valence-electron chi connectivity index (χ4n) is 0.172. The normalized spacial score (nSPS) is 13.6. The van der Waals surface area contributed by atoms with Crippen LogP contribution in [0.2, 0.25) is 0 Å². The van der Waals surface area contributed by atoms with Crippen molar-refractivity contribution in [1.82, 2.24) is 5.34 Å². The average molecular weight is 166 g/mol. The van der Waals surface area contributed by atoms with Crippen molar-refractivity contribution in [3.8, 4) is 0 Å². The van der Waals surface area contributed by atoms with Crippen molar-refractivity contribution < 1.29 is 26.6 Å². The molecule has 0 aromatic carbocycles. The molecule has 0 atom stereocenters. The summed E-state index contributed by atoms with van der Waals surface area (Å²) in [7, 11) is 0. The highest BCUT2D eigenvalue weighted by Gasteiger charge is 2.42. The Morgan fingerprint density at radius 3 is 1.60 bits per heavy atom. The van der Waals surface area contributed by atoms with Crippen molar-refractivity contribution in [2.75, 3.05) is 0 Å². The zero-order valence-corrected chi connectivity index (χ0v) is 4.16. The van der Waals surface area contributed by atoms with E-state index in [1.165, 1.54) is 0 Å². The third-order valence-corrected chi connectivity index (χ3v) is 0.494. The third kappa shape index (κ3) is 2.11. The average Bonchev–Trinajstić information content (AvgIpc) is 1.60. The van der Waals surface area contributed by atoms with Gasteiger partial charge in [0, 0.05) is 0 Å². The van der Waals surface area contributed by atoms with E-state index in [-0.39, 0.29) is 0 Å². The van der Waals surface area contributed by atoms with Gasteiger partial charge in [-0.15, -0.1) is 0 Å². The predicted molar refractivity (Wildman–Crippen MR) is 18.7 cm³/mol. The molecule has 0 aromatic heterocycles. The van der Waals surface area contributed by atoms with Gasteiger partial charge in [-0.25, -0.2) is 0 Å². The fourth-order valence-corrected chi connectivity index (χ4v) is 0.172. The van der Waals surface area contributed by atoms with Crippen molar-refractivity contribution in [2.45, 2.75) is 6.18 Å². The van der Waals surface area contributed by atoms with E-state index in [1.54, 1.807) is 0 Å². The number of halogens is 6. The highest BCUT2D eigenvalue weighted by Crippen LogP contribution is 2.20. The minimum atomic E-state index is -5.46. The molecule has 0 heterocycles. The summed E-state index contributed by atoms with van der Waals surface area (Å²) in [6, 6.07) is 0. The monoisotopic (exact) mass is 166 g/mol. The van der Waals surface area contributed by atoms with Crippen molar-refractivity contribution in [2.24, 2.45) is 5.21 Å². The van der Waals surface area contributed by atoms with Crippen LogP contribution in [0.25, 0.3) is 0 Å². The number of alkyl halides is 3. The van der Waals surface area contributed by atoms with Gasteiger partial charge in [0.25, 0.3) is 0 Å². The molecule has 0 aromatic rings. The molecule has 0 aliphatic carbocycles. The quantitative estimate of drug-likeness (QED) is 0.232. The number of nitrogens with zero attached hydrogens (tertiary/aromatic N) is 2. The molecule has 0 aliphatic heterocycles. The summed E-state index contributed by atoms with van der Waals surface area (Å²) >= 11 is 0. The highest BCUT2D eigenvalue weighted by molar-refractivity contribution is 5.85. The van der Waals surface area contributed by atoms with E-state index in [9.17, 15) is 26.6 Å². The van der Waals surface area contributed by atoms with Crippen molar-refractivity contribution >= 4 is 5.84 Å². The topological polar surface area (TPSA) is 15.6 Å². The molecule has 0 saturated carbocycles. The molecule has 0 amide bonds. The zero-order valence-electron chi connectivity index (χ0n) is 4.16. The minimum absolute atomic E-state index is 0.826. The molecule has 0 saturated heterocycles. The molecule has 0 aliphatic rings. The van der Waals surface area contributed by atoms with Crippen LogP contribution in [0.5, 0.6) is 0 Å². The van der Waals surface area contributed by atoms with E-state index in [4.69, 9.17) is 0 Å². The number of rotatable bonds is 0. The first-order valence-corrected chi connectivity index (χ1v) is 1.77. The van der Waals surface area contributed by atoms with Crippen molar-refractivity contribution in [3.05, 3.63) is 0 Å². The second kappa shape index (κ2) is 2.76. The van der Waals surface area contributed by atoms with Crippen LogP contribution >= 0.6 is 0 Å². The van der Waals surface area contributed by atoms with E-state index < -0.39 is 17.4 Å². The van der Waals surface area contributed by atoms with Crippen molar-refractivity contribution in [1.29, 1.82) is 0 Å². The van der Waals surface area contributed by atoms with Gasteiger partial charge in [0.05, 0.1) is 0 Å². The standard InChI is InChI=1S/C2F6N2/c3-2(4,5)1(9-6)10(7)8. The summed E-state index contributed by atoms with van der Waals surface area (Å²) in [6.07, 6.45) is -5.46. The predicted octanol–water partition coefficient (Wildman–Crippen LogP) is 1.90. The Morgan fingerprint density at radius 1 is 1.20 bits per heavy atom. The summed E-state index contributed by atoms with van der Waals surface area (Å²) < 4.78 is 65.9. The maximum Gasteiger partial charge on any atom is 0.457 e. The van der Waals surface area contributed by atoms with Crippen molar-refractivity contribution in [3.63, 3.8) is 0 Å². The lowest BCUT2D eigenvalue weighted by Gasteiger charge is -2.06. The number of hydrogen-bond acceptors (Lipinski definition) is 1. The first-order valence-electron chi connectivity index (χ1n) is 1.77. The van der Waals surface area contributed by atoms with Crippen LogP contribution in [-0.4, -0.2) is 17.4 Å². The van der Waals surface area contributed by atoms with E-state index in [0.29, 0.717) is 0 Å². The zero-order chi connectivity index (χ0) is 8.36. The lowest BCUT2D eigenvalue weighted by atomic mass is 10.6. The molecule has 0 bridgehead atoms. The van der Waals surface area contributed by atoms with Gasteiger partial charge >= 0.3 is 12.0 Å². The maximum atomic E-state index is 11.1. The summed E-state index contributed by atoms with van der Waals surface area (Å²) in [6.45, 7) is 0. The van der Waals surface area contributed by atoms with E-state index in [0.717, 1.165) is 5.21 Å². The van der Waals surface area contributed by atoms with Gasteiger partial charge in [-0.2, -0.15) is 13.2 Å². The first kappa shape index (κ1) is 9.05. The second-order valence-electron chi connectivity index (χ2n) is 1.14. The molecule has 0 radical (unpaired) electrons. The van der Waals surface area contributed by atoms with Crippen LogP contribution in [0, 0.1) is 0 Å². The summed E-state index contributed by atoms with van der Waals surface area (Å²) in [5.41, 5.74) is 0. The van der Waals surface area contributed by atoms with E-state index in [1.807, 2.05) is 0 Å². The van der Waals surface area contributed by atoms with Crippen LogP contribution in [0.4, 0.5) is 26.6 Å². The number of amidine groups is 1. The number of hydrogen-bond donors (Lipinski definition) is 0. The molecule has 10 heavy (non-hydrogen) atoms. The van der Waals surface area contributed by atoms with Gasteiger partial charge < -0.3 is 0 Å². The maximum absolute atomic E-state index is 11.1. The Bertz CT molecular complexity index is 135. The Labute approximate surface area is 50.6 Å². The molecule has 2 nitrogen and oxygen atoms in total. The lowest BCUT2D eigenvalue weighted by Crippen LogP contribution is -2.31. The molecular weight excluding hydrogens is 166 g/mol. The van der Waals surface area contributed by atoms with Gasteiger partial charge in [0.2, 0.25) is 0 Å². The van der Waals surface area contributed by atoms with Crippen LogP contribution in [-0.2, 0) is 0 Å². The van der Waals surface area contributed by atoms with E-state index >= 15 is 0 Å². The fraction of sp³-hybridized carbons (Fsp3) is 0.500. The molecule has 0 rings (SSSR count). The molecule has 8 heteroatoms. The molecule has 60 valence electrons. The SMILES string of the molecule is FN=C(N(F)F)C(F)(F)F. The molecule has 0 unspecified atom stereocenters. The second-order valence-corrected chi connectivity index (χ2v) is 1.14. The highest BCUT2D eigenvalue weighted by atomic mass is 19.4. The summed E-state index contributed by atoms with van der Waals surface area (Å²) in [5, 5.41) is -1.62. The van der Waals surface area contributed by atoms with Gasteiger partial charge in [-0.3, -0.25) is 0 Å². The molecule has 0 spiro atoms. The van der Waals surface area contributed by atoms with Crippen LogP contribution < -0.4 is 0 Å². The molecule has 0 N–H and O–H groups in total. The van der Waals surface area contributed by atoms with E-state index in [2.05, 4.69) is 0 Å². The van der Waals surface area contributed by atoms with Gasteiger partial charge in [-0.05, 0) is 5.34 Å². The summed E-state index contributed by atoms with van der Waals surface area (Å²) in [5.74, 6) is -2.87. The van der Waals surface area contributed by atoms with Crippen LogP contribution in [0.1, 0.15) is 0 Å². The molecular formula is C2F6N2. The van der Waals surface area contributed by atoms with Gasteiger partial charge in [0.15, 0.2) is 0 Å². The smallest absolute Gasteiger partial charge is 0.163 e. The Balaban J connectivity index is 4.40. The Morgan fingerprint density at radius 2 is 1.60 bits per heavy atom. The minimum Gasteiger partial charge on any atom is -0.163 e. The van der Waals surface area contributed by atoms with Gasteiger partial charge in [-0.1, -0.05) is 18.7 Å². The van der Waals surface area contributed by atoms with Crippen LogP contribution in [0.15, 0.2) is 5.21 Å². The lowest BCUT2D eigenvalue weighted by molar-refractivity contribution is -0.136. The van der Waals surface area contributed by atoms with Crippen LogP contribution in [0.3, 0.4) is 0 Å². The van der Waals surface area contributed by atoms with Gasteiger partial charge in [0.1, 0.15) is 0 Å². The summed E-state index contributed by atoms with van der Waals surface area (Å²) in [4.78, 5) is 0. The largest absolute Gasteiger partial charge is 0.457 e. The Hall–Kier alpha value is -0.950. The Kier molecular flexibility index (Phi) is 2.49. The molecule has 0 fully saturated rings.